The highest BCUT2D eigenvalue weighted by molar-refractivity contribution is 7.78. The predicted octanol–water partition coefficient (Wildman–Crippen LogP) is 0.579. The molecule has 0 unspecified atom stereocenters. The molecule has 62 valence electrons. The largest absolute Gasteiger partial charge is 0.480 e. The maximum absolute atomic E-state index is 10.3. The number of carboxylic acid groups (broad SMARTS) is 1. The van der Waals surface area contributed by atoms with Crippen LogP contribution in [0.25, 0.3) is 0 Å². The lowest BCUT2D eigenvalue weighted by Gasteiger charge is -2.03. The van der Waals surface area contributed by atoms with Gasteiger partial charge in [0.05, 0.1) is 11.8 Å². The summed E-state index contributed by atoms with van der Waals surface area (Å²) in [7, 11) is 0. The summed E-state index contributed by atoms with van der Waals surface area (Å²) in [5.41, 5.74) is 0. The van der Waals surface area contributed by atoms with Gasteiger partial charge in [0.15, 0.2) is 6.04 Å². The third-order valence-corrected chi connectivity index (χ3v) is 1.08. The van der Waals surface area contributed by atoms with Crippen molar-refractivity contribution in [1.82, 2.24) is 0 Å². The molecule has 4 nitrogen and oxygen atoms in total. The first-order valence-electron chi connectivity index (χ1n) is 3.10. The van der Waals surface area contributed by atoms with Crippen molar-refractivity contribution in [3.63, 3.8) is 0 Å². The normalized spacial score (nSPS) is 11.7. The maximum atomic E-state index is 10.3. The summed E-state index contributed by atoms with van der Waals surface area (Å²) in [6, 6.07) is -0.910. The molecule has 5 heteroatoms. The first-order chi connectivity index (χ1) is 5.22. The van der Waals surface area contributed by atoms with Gasteiger partial charge >= 0.3 is 5.97 Å². The molecule has 0 fully saturated rings. The fourth-order valence-electron chi connectivity index (χ4n) is 0.457. The van der Waals surface area contributed by atoms with Crippen molar-refractivity contribution in [3.8, 4) is 0 Å². The van der Waals surface area contributed by atoms with Crippen LogP contribution in [-0.2, 0) is 9.53 Å². The summed E-state index contributed by atoms with van der Waals surface area (Å²) in [6.45, 7) is 2.30. The van der Waals surface area contributed by atoms with Crippen LogP contribution < -0.4 is 0 Å². The van der Waals surface area contributed by atoms with E-state index in [1.807, 2.05) is 5.16 Å². The Morgan fingerprint density at radius 1 is 1.91 bits per heavy atom. The van der Waals surface area contributed by atoms with Crippen LogP contribution in [-0.4, -0.2) is 35.5 Å². The molecule has 1 N–H and O–H groups in total. The van der Waals surface area contributed by atoms with Gasteiger partial charge in [-0.05, 0) is 19.1 Å². The van der Waals surface area contributed by atoms with Crippen molar-refractivity contribution in [2.75, 3.05) is 13.2 Å². The zero-order chi connectivity index (χ0) is 8.69. The third kappa shape index (κ3) is 4.61. The number of hydrogen-bond acceptors (Lipinski definition) is 4. The zero-order valence-electron chi connectivity index (χ0n) is 6.11. The van der Waals surface area contributed by atoms with E-state index >= 15 is 0 Å². The molecule has 0 saturated carbocycles. The van der Waals surface area contributed by atoms with Crippen LogP contribution in [0.15, 0.2) is 4.99 Å². The minimum Gasteiger partial charge on any atom is -0.480 e. The number of carboxylic acids is 1. The van der Waals surface area contributed by atoms with E-state index in [0.717, 1.165) is 0 Å². The maximum Gasteiger partial charge on any atom is 0.331 e. The van der Waals surface area contributed by atoms with Crippen LogP contribution in [0, 0.1) is 0 Å². The summed E-state index contributed by atoms with van der Waals surface area (Å²) >= 11 is 4.26. The monoisotopic (exact) mass is 175 g/mol. The molecule has 0 amide bonds. The molecule has 0 rings (SSSR count). The van der Waals surface area contributed by atoms with E-state index in [2.05, 4.69) is 17.2 Å². The Kier molecular flexibility index (Phi) is 5.56. The second-order valence-corrected chi connectivity index (χ2v) is 1.92. The van der Waals surface area contributed by atoms with Gasteiger partial charge < -0.3 is 9.84 Å². The van der Waals surface area contributed by atoms with E-state index in [1.54, 1.807) is 6.92 Å². The number of ether oxygens (including phenoxy) is 1. The lowest BCUT2D eigenvalue weighted by molar-refractivity contribution is -0.139. The molecule has 0 aromatic carbocycles. The second-order valence-electron chi connectivity index (χ2n) is 1.73. The Morgan fingerprint density at radius 3 is 2.91 bits per heavy atom. The Balaban J connectivity index is 3.89. The minimum atomic E-state index is -1.05. The summed E-state index contributed by atoms with van der Waals surface area (Å²) < 4.78 is 4.85. The molecule has 0 aromatic rings. The average Bonchev–Trinajstić information content (AvgIpc) is 1.97. The Morgan fingerprint density at radius 2 is 2.55 bits per heavy atom. The number of aliphatic imine (C=N–C) groups is 1. The van der Waals surface area contributed by atoms with Crippen molar-refractivity contribution >= 4 is 23.3 Å². The molecule has 0 aliphatic rings. The lowest BCUT2D eigenvalue weighted by atomic mass is 10.3. The second kappa shape index (κ2) is 5.97. The average molecular weight is 175 g/mol. The fourth-order valence-corrected chi connectivity index (χ4v) is 0.584. The van der Waals surface area contributed by atoms with Gasteiger partial charge in [-0.3, -0.25) is 0 Å². The van der Waals surface area contributed by atoms with Gasteiger partial charge in [0, 0.05) is 6.61 Å². The molecule has 0 radical (unpaired) electrons. The molecule has 0 aromatic heterocycles. The molecule has 0 aliphatic carbocycles. The molecular weight excluding hydrogens is 166 g/mol. The van der Waals surface area contributed by atoms with Gasteiger partial charge in [0.25, 0.3) is 0 Å². The zero-order valence-corrected chi connectivity index (χ0v) is 6.93. The van der Waals surface area contributed by atoms with Crippen LogP contribution in [0.4, 0.5) is 0 Å². The lowest BCUT2D eigenvalue weighted by Crippen LogP contribution is -2.23. The van der Waals surface area contributed by atoms with Crippen LogP contribution in [0.5, 0.6) is 0 Å². The summed E-state index contributed by atoms with van der Waals surface area (Å²) in [5, 5.41) is 10.5. The predicted molar refractivity (Wildman–Crippen MR) is 42.9 cm³/mol. The summed E-state index contributed by atoms with van der Waals surface area (Å²) in [6.07, 6.45) is 0. The number of carbonyl (C=O) groups is 1. The number of aliphatic carboxylic acids is 1. The molecule has 11 heavy (non-hydrogen) atoms. The molecule has 0 heterocycles. The molecule has 0 aliphatic heterocycles. The number of thiocarbonyl (C=S) groups is 1. The molecule has 0 saturated heterocycles. The SMILES string of the molecule is CCOC[C@@H](N=C=S)C(=O)O. The van der Waals surface area contributed by atoms with E-state index in [-0.39, 0.29) is 6.61 Å². The van der Waals surface area contributed by atoms with Crippen LogP contribution >= 0.6 is 12.2 Å². The third-order valence-electron chi connectivity index (χ3n) is 0.973. The highest BCUT2D eigenvalue weighted by Crippen LogP contribution is 1.91. The quantitative estimate of drug-likeness (QED) is 0.490. The van der Waals surface area contributed by atoms with Crippen molar-refractivity contribution in [1.29, 1.82) is 0 Å². The standard InChI is InChI=1S/C6H9NO3S/c1-2-10-3-5(6(8)9)7-4-11/h5H,2-3H2,1H3,(H,8,9)/t5-/m1/s1. The van der Waals surface area contributed by atoms with E-state index < -0.39 is 12.0 Å². The highest BCUT2D eigenvalue weighted by atomic mass is 32.1. The van der Waals surface area contributed by atoms with Gasteiger partial charge in [-0.1, -0.05) is 0 Å². The first-order valence-corrected chi connectivity index (χ1v) is 3.50. The molecule has 0 spiro atoms. The number of nitrogens with zero attached hydrogens (tertiary/aromatic N) is 1. The van der Waals surface area contributed by atoms with Gasteiger partial charge in [-0.15, -0.1) is 0 Å². The highest BCUT2D eigenvalue weighted by Gasteiger charge is 2.14. The number of hydrogen-bond donors (Lipinski definition) is 1. The van der Waals surface area contributed by atoms with Crippen LogP contribution in [0.2, 0.25) is 0 Å². The van der Waals surface area contributed by atoms with Gasteiger partial charge in [-0.25, -0.2) is 9.79 Å². The Bertz CT molecular complexity index is 175. The molecular formula is C6H9NO3S. The van der Waals surface area contributed by atoms with Crippen molar-refractivity contribution < 1.29 is 14.6 Å². The Hall–Kier alpha value is -0.770. The number of isothiocyanates is 1. The first kappa shape index (κ1) is 10.2. The van der Waals surface area contributed by atoms with E-state index in [0.29, 0.717) is 6.61 Å². The molecule has 0 bridgehead atoms. The summed E-state index contributed by atoms with van der Waals surface area (Å²) in [4.78, 5) is 13.7. The van der Waals surface area contributed by atoms with Crippen molar-refractivity contribution in [3.05, 3.63) is 0 Å². The van der Waals surface area contributed by atoms with Gasteiger partial charge in [0.1, 0.15) is 0 Å². The fraction of sp³-hybridized carbons (Fsp3) is 0.667. The topological polar surface area (TPSA) is 58.9 Å². The Labute approximate surface area is 69.9 Å². The molecule has 1 atom stereocenters. The van der Waals surface area contributed by atoms with Gasteiger partial charge in [-0.2, -0.15) is 0 Å². The van der Waals surface area contributed by atoms with Crippen LogP contribution in [0.3, 0.4) is 0 Å². The van der Waals surface area contributed by atoms with Crippen LogP contribution in [0.1, 0.15) is 6.92 Å². The van der Waals surface area contributed by atoms with E-state index in [4.69, 9.17) is 9.84 Å². The van der Waals surface area contributed by atoms with Gasteiger partial charge in [0.2, 0.25) is 0 Å². The van der Waals surface area contributed by atoms with Crippen molar-refractivity contribution in [2.24, 2.45) is 4.99 Å². The van der Waals surface area contributed by atoms with E-state index in [9.17, 15) is 4.79 Å². The number of rotatable bonds is 5. The van der Waals surface area contributed by atoms with Crippen molar-refractivity contribution in [2.45, 2.75) is 13.0 Å². The smallest absolute Gasteiger partial charge is 0.331 e. The minimum absolute atomic E-state index is 0.0511. The van der Waals surface area contributed by atoms with E-state index in [1.165, 1.54) is 0 Å². The summed E-state index contributed by atoms with van der Waals surface area (Å²) in [5.74, 6) is -1.05.